The number of hydrogen-bond donors (Lipinski definition) is 1. The monoisotopic (exact) mass is 464 g/mol. The first kappa shape index (κ1) is 23.2. The molecule has 1 unspecified atom stereocenters. The lowest BCUT2D eigenvalue weighted by Gasteiger charge is -2.40. The Bertz CT molecular complexity index is 963. The summed E-state index contributed by atoms with van der Waals surface area (Å²) in [6.45, 7) is 4.60. The highest BCUT2D eigenvalue weighted by atomic mass is 16.5. The highest BCUT2D eigenvalue weighted by Crippen LogP contribution is 2.54. The lowest BCUT2D eigenvalue weighted by molar-refractivity contribution is 0.0614. The number of benzene rings is 2. The van der Waals surface area contributed by atoms with Crippen LogP contribution >= 0.6 is 0 Å². The van der Waals surface area contributed by atoms with Crippen LogP contribution in [0.3, 0.4) is 0 Å². The molecule has 1 N–H and O–H groups in total. The van der Waals surface area contributed by atoms with Crippen molar-refractivity contribution in [1.29, 1.82) is 0 Å². The zero-order chi connectivity index (χ0) is 23.5. The van der Waals surface area contributed by atoms with E-state index in [4.69, 9.17) is 9.47 Å². The normalized spacial score (nSPS) is 24.9. The van der Waals surface area contributed by atoms with E-state index in [1.807, 2.05) is 17.0 Å². The van der Waals surface area contributed by atoms with E-state index in [2.05, 4.69) is 41.3 Å². The van der Waals surface area contributed by atoms with Crippen LogP contribution in [0.5, 0.6) is 5.75 Å². The molecule has 6 heteroatoms. The smallest absolute Gasteiger partial charge is 0.408 e. The van der Waals surface area contributed by atoms with E-state index in [0.717, 1.165) is 80.6 Å². The van der Waals surface area contributed by atoms with Crippen LogP contribution in [0.2, 0.25) is 0 Å². The van der Waals surface area contributed by atoms with Gasteiger partial charge < -0.3 is 19.5 Å². The zero-order valence-corrected chi connectivity index (χ0v) is 20.1. The van der Waals surface area contributed by atoms with E-state index in [9.17, 15) is 9.90 Å². The fraction of sp³-hybridized carbons (Fsp3) is 0.536. The van der Waals surface area contributed by atoms with Crippen LogP contribution in [-0.4, -0.2) is 67.0 Å². The standard InChI is InChI=1S/C28H36N2O4/c1-33-19-2-20-34-25-9-5-22(6-10-25)21-3-7-24(8-4-21)28(14-15-28)30(27(31)32)26-13-18-29-16-11-23(26)12-17-29/h3-10,23,26H,2,11-20H2,1H3,(H,31,32). The van der Waals surface area contributed by atoms with Crippen LogP contribution in [0.25, 0.3) is 11.1 Å². The van der Waals surface area contributed by atoms with Crippen molar-refractivity contribution in [2.24, 2.45) is 5.92 Å². The first-order chi connectivity index (χ1) is 16.6. The number of carbonyl (C=O) groups is 1. The number of carboxylic acid groups (broad SMARTS) is 1. The predicted molar refractivity (Wildman–Crippen MR) is 132 cm³/mol. The summed E-state index contributed by atoms with van der Waals surface area (Å²) < 4.78 is 10.8. The average molecular weight is 465 g/mol. The number of nitrogens with zero attached hydrogens (tertiary/aromatic N) is 2. The number of hydrogen-bond acceptors (Lipinski definition) is 4. The van der Waals surface area contributed by atoms with Crippen molar-refractivity contribution in [1.82, 2.24) is 9.80 Å². The molecular formula is C28H36N2O4. The van der Waals surface area contributed by atoms with Gasteiger partial charge >= 0.3 is 6.09 Å². The molecule has 1 aliphatic carbocycles. The van der Waals surface area contributed by atoms with Crippen LogP contribution in [0.15, 0.2) is 48.5 Å². The number of amides is 1. The molecule has 0 aromatic heterocycles. The predicted octanol–water partition coefficient (Wildman–Crippen LogP) is 5.22. The SMILES string of the molecule is COCCCOc1ccc(-c2ccc(C3(N(C(=O)O)C4CCN5CCC4CC5)CC3)cc2)cc1. The molecule has 1 atom stereocenters. The van der Waals surface area contributed by atoms with Gasteiger partial charge in [0.25, 0.3) is 0 Å². The van der Waals surface area contributed by atoms with Gasteiger partial charge in [-0.2, -0.15) is 0 Å². The number of methoxy groups -OCH3 is 1. The third-order valence-electron chi connectivity index (χ3n) is 8.01. The minimum Gasteiger partial charge on any atom is -0.494 e. The third-order valence-corrected chi connectivity index (χ3v) is 8.01. The number of fused-ring (bicyclic) bond motifs is 4. The molecule has 3 aliphatic heterocycles. The van der Waals surface area contributed by atoms with E-state index >= 15 is 0 Å². The van der Waals surface area contributed by atoms with Crippen molar-refractivity contribution >= 4 is 6.09 Å². The molecule has 1 saturated carbocycles. The molecule has 2 aromatic rings. The summed E-state index contributed by atoms with van der Waals surface area (Å²) in [7, 11) is 1.70. The Hall–Kier alpha value is -2.57. The van der Waals surface area contributed by atoms with E-state index in [1.54, 1.807) is 7.11 Å². The fourth-order valence-corrected chi connectivity index (χ4v) is 5.99. The van der Waals surface area contributed by atoms with Crippen LogP contribution in [0.1, 0.15) is 44.1 Å². The van der Waals surface area contributed by atoms with E-state index < -0.39 is 6.09 Å². The van der Waals surface area contributed by atoms with Gasteiger partial charge in [0.15, 0.2) is 0 Å². The van der Waals surface area contributed by atoms with Gasteiger partial charge in [-0.1, -0.05) is 36.4 Å². The van der Waals surface area contributed by atoms with Crippen molar-refractivity contribution in [3.8, 4) is 16.9 Å². The number of rotatable bonds is 9. The van der Waals surface area contributed by atoms with Gasteiger partial charge in [-0.05, 0) is 79.9 Å². The van der Waals surface area contributed by atoms with Crippen molar-refractivity contribution in [2.45, 2.75) is 50.1 Å². The molecule has 3 heterocycles. The molecule has 34 heavy (non-hydrogen) atoms. The summed E-state index contributed by atoms with van der Waals surface area (Å²) in [5.41, 5.74) is 3.04. The molecule has 0 radical (unpaired) electrons. The van der Waals surface area contributed by atoms with Gasteiger partial charge in [0.05, 0.1) is 12.1 Å². The Morgan fingerprint density at radius 3 is 2.18 bits per heavy atom. The van der Waals surface area contributed by atoms with Crippen molar-refractivity contribution in [3.05, 3.63) is 54.1 Å². The van der Waals surface area contributed by atoms with Crippen LogP contribution in [-0.2, 0) is 10.3 Å². The van der Waals surface area contributed by atoms with Crippen molar-refractivity contribution in [3.63, 3.8) is 0 Å². The van der Waals surface area contributed by atoms with Gasteiger partial charge in [-0.3, -0.25) is 4.90 Å². The molecule has 4 fully saturated rings. The van der Waals surface area contributed by atoms with E-state index in [0.29, 0.717) is 19.1 Å². The second-order valence-corrected chi connectivity index (χ2v) is 10.0. The summed E-state index contributed by atoms with van der Waals surface area (Å²) in [6, 6.07) is 16.8. The minimum absolute atomic E-state index is 0.128. The maximum absolute atomic E-state index is 12.6. The second-order valence-electron chi connectivity index (χ2n) is 10.0. The third kappa shape index (κ3) is 4.66. The minimum atomic E-state index is -0.756. The van der Waals surface area contributed by atoms with Crippen LogP contribution in [0.4, 0.5) is 4.79 Å². The molecule has 3 saturated heterocycles. The molecule has 4 aliphatic rings. The van der Waals surface area contributed by atoms with Gasteiger partial charge in [0.1, 0.15) is 5.75 Å². The number of ether oxygens (including phenoxy) is 2. The topological polar surface area (TPSA) is 62.2 Å². The van der Waals surface area contributed by atoms with Gasteiger partial charge in [0.2, 0.25) is 0 Å². The molecule has 2 bridgehead atoms. The average Bonchev–Trinajstić information content (AvgIpc) is 3.70. The summed E-state index contributed by atoms with van der Waals surface area (Å²) in [5, 5.41) is 10.3. The Labute approximate surface area is 202 Å². The lowest BCUT2D eigenvalue weighted by atomic mass is 9.87. The molecule has 2 aromatic carbocycles. The van der Waals surface area contributed by atoms with Crippen LogP contribution in [0, 0.1) is 5.92 Å². The summed E-state index contributed by atoms with van der Waals surface area (Å²) >= 11 is 0. The van der Waals surface area contributed by atoms with Crippen LogP contribution < -0.4 is 4.74 Å². The van der Waals surface area contributed by atoms with Crippen molar-refractivity contribution in [2.75, 3.05) is 40.0 Å². The Balaban J connectivity index is 1.31. The second kappa shape index (κ2) is 9.96. The van der Waals surface area contributed by atoms with E-state index in [1.165, 1.54) is 0 Å². The Morgan fingerprint density at radius 1 is 0.971 bits per heavy atom. The van der Waals surface area contributed by atoms with Gasteiger partial charge in [-0.15, -0.1) is 0 Å². The highest BCUT2D eigenvalue weighted by Gasteiger charge is 2.55. The highest BCUT2D eigenvalue weighted by molar-refractivity contribution is 5.69. The molecule has 0 spiro atoms. The quantitative estimate of drug-likeness (QED) is 0.516. The molecule has 6 nitrogen and oxygen atoms in total. The summed E-state index contributed by atoms with van der Waals surface area (Å²) in [4.78, 5) is 16.9. The van der Waals surface area contributed by atoms with Crippen molar-refractivity contribution < 1.29 is 19.4 Å². The molecule has 6 rings (SSSR count). The summed E-state index contributed by atoms with van der Waals surface area (Å²) in [6.07, 6.45) is 5.14. The first-order valence-corrected chi connectivity index (χ1v) is 12.7. The Morgan fingerprint density at radius 2 is 1.59 bits per heavy atom. The molecular weight excluding hydrogens is 428 g/mol. The van der Waals surface area contributed by atoms with Gasteiger partial charge in [-0.25, -0.2) is 4.79 Å². The Kier molecular flexibility index (Phi) is 6.79. The van der Waals surface area contributed by atoms with E-state index in [-0.39, 0.29) is 11.6 Å². The van der Waals surface area contributed by atoms with Gasteiger partial charge in [0, 0.05) is 32.7 Å². The molecule has 1 amide bonds. The first-order valence-electron chi connectivity index (χ1n) is 12.7. The molecule has 182 valence electrons. The largest absolute Gasteiger partial charge is 0.494 e. The maximum atomic E-state index is 12.6. The summed E-state index contributed by atoms with van der Waals surface area (Å²) in [5.74, 6) is 1.35. The maximum Gasteiger partial charge on any atom is 0.408 e. The fourth-order valence-electron chi connectivity index (χ4n) is 5.99. The number of piperidine rings is 1. The zero-order valence-electron chi connectivity index (χ0n) is 20.1. The lowest BCUT2D eigenvalue weighted by Crippen LogP contribution is -2.50.